The van der Waals surface area contributed by atoms with E-state index in [2.05, 4.69) is 10.4 Å². The first-order valence-electron chi connectivity index (χ1n) is 6.39. The van der Waals surface area contributed by atoms with Crippen molar-refractivity contribution in [2.75, 3.05) is 18.1 Å². The number of nitrogens with one attached hydrogen (secondary N) is 1. The molecule has 1 aliphatic rings. The Morgan fingerprint density at radius 3 is 2.79 bits per heavy atom. The Kier molecular flexibility index (Phi) is 3.84. The van der Waals surface area contributed by atoms with Crippen LogP contribution in [-0.4, -0.2) is 27.8 Å². The van der Waals surface area contributed by atoms with Gasteiger partial charge in [-0.1, -0.05) is 0 Å². The monoisotopic (exact) mass is 277 g/mol. The van der Waals surface area contributed by atoms with E-state index >= 15 is 0 Å². The maximum Gasteiger partial charge on any atom is 0.123 e. The molecule has 0 unspecified atom stereocenters. The van der Waals surface area contributed by atoms with E-state index in [4.69, 9.17) is 0 Å². The highest BCUT2D eigenvalue weighted by Gasteiger charge is 2.17. The zero-order valence-corrected chi connectivity index (χ0v) is 11.4. The second-order valence-electron chi connectivity index (χ2n) is 4.80. The van der Waals surface area contributed by atoms with Crippen LogP contribution >= 0.6 is 11.8 Å². The summed E-state index contributed by atoms with van der Waals surface area (Å²) in [6.07, 6.45) is 3.83. The van der Waals surface area contributed by atoms with E-state index < -0.39 is 0 Å². The third-order valence-corrected chi connectivity index (χ3v) is 4.61. The second-order valence-corrected chi connectivity index (χ2v) is 5.88. The molecule has 3 nitrogen and oxygen atoms in total. The van der Waals surface area contributed by atoms with Gasteiger partial charge in [0.15, 0.2) is 0 Å². The highest BCUT2D eigenvalue weighted by Crippen LogP contribution is 2.23. The van der Waals surface area contributed by atoms with Crippen LogP contribution in [0, 0.1) is 11.7 Å². The van der Waals surface area contributed by atoms with Gasteiger partial charge in [-0.05, 0) is 48.2 Å². The van der Waals surface area contributed by atoms with Gasteiger partial charge in [-0.25, -0.2) is 9.07 Å². The molecule has 2 heterocycles. The summed E-state index contributed by atoms with van der Waals surface area (Å²) in [6, 6.07) is 6.35. The van der Waals surface area contributed by atoms with Crippen LogP contribution in [0.4, 0.5) is 4.39 Å². The van der Waals surface area contributed by atoms with Crippen LogP contribution in [-0.2, 0) is 6.54 Å². The van der Waals surface area contributed by atoms with Crippen molar-refractivity contribution in [3.8, 4) is 5.69 Å². The summed E-state index contributed by atoms with van der Waals surface area (Å²) in [6.45, 7) is 1.91. The molecule has 0 atom stereocenters. The van der Waals surface area contributed by atoms with E-state index in [0.29, 0.717) is 0 Å². The third kappa shape index (κ3) is 3.16. The summed E-state index contributed by atoms with van der Waals surface area (Å²) in [5, 5.41) is 7.75. The number of rotatable bonds is 5. The SMILES string of the molecule is Fc1ccc(-n2cc(CNCC3CSC3)cn2)cc1. The molecule has 0 saturated carbocycles. The van der Waals surface area contributed by atoms with Gasteiger partial charge in [-0.15, -0.1) is 0 Å². The van der Waals surface area contributed by atoms with Crippen LogP contribution < -0.4 is 5.32 Å². The van der Waals surface area contributed by atoms with Crippen molar-refractivity contribution in [1.29, 1.82) is 0 Å². The smallest absolute Gasteiger partial charge is 0.123 e. The van der Waals surface area contributed by atoms with Crippen LogP contribution in [0.1, 0.15) is 5.56 Å². The van der Waals surface area contributed by atoms with Crippen molar-refractivity contribution in [3.63, 3.8) is 0 Å². The number of nitrogens with zero attached hydrogens (tertiary/aromatic N) is 2. The minimum atomic E-state index is -0.226. The van der Waals surface area contributed by atoms with Crippen LogP contribution in [0.5, 0.6) is 0 Å². The first-order valence-corrected chi connectivity index (χ1v) is 7.55. The predicted molar refractivity (Wildman–Crippen MR) is 76.0 cm³/mol. The first-order chi connectivity index (χ1) is 9.31. The van der Waals surface area contributed by atoms with Crippen LogP contribution in [0.25, 0.3) is 5.69 Å². The zero-order valence-electron chi connectivity index (χ0n) is 10.6. The lowest BCUT2D eigenvalue weighted by atomic mass is 10.2. The summed E-state index contributed by atoms with van der Waals surface area (Å²) in [7, 11) is 0. The van der Waals surface area contributed by atoms with Gasteiger partial charge in [-0.3, -0.25) is 0 Å². The molecule has 3 rings (SSSR count). The van der Waals surface area contributed by atoms with Crippen molar-refractivity contribution in [1.82, 2.24) is 15.1 Å². The summed E-state index contributed by atoms with van der Waals surface area (Å²) in [5.41, 5.74) is 2.03. The molecular weight excluding hydrogens is 261 g/mol. The fraction of sp³-hybridized carbons (Fsp3) is 0.357. The Morgan fingerprint density at radius 1 is 1.32 bits per heavy atom. The predicted octanol–water partition coefficient (Wildman–Crippen LogP) is 2.46. The number of hydrogen-bond acceptors (Lipinski definition) is 3. The standard InChI is InChI=1S/C14H16FN3S/c15-13-1-3-14(4-2-13)18-8-11(7-17-18)5-16-6-12-9-19-10-12/h1-4,7-8,12,16H,5-6,9-10H2. The number of aromatic nitrogens is 2. The molecule has 0 spiro atoms. The Hall–Kier alpha value is -1.33. The molecule has 0 bridgehead atoms. The molecule has 1 aliphatic heterocycles. The summed E-state index contributed by atoms with van der Waals surface area (Å²) in [5.74, 6) is 3.16. The maximum atomic E-state index is 12.8. The molecule has 1 aromatic heterocycles. The minimum Gasteiger partial charge on any atom is -0.312 e. The van der Waals surface area contributed by atoms with Gasteiger partial charge in [0.1, 0.15) is 5.82 Å². The van der Waals surface area contributed by atoms with Crippen LogP contribution in [0.3, 0.4) is 0 Å². The fourth-order valence-electron chi connectivity index (χ4n) is 2.01. The minimum absolute atomic E-state index is 0.226. The van der Waals surface area contributed by atoms with Crippen molar-refractivity contribution in [3.05, 3.63) is 48.0 Å². The van der Waals surface area contributed by atoms with E-state index in [0.717, 1.165) is 30.3 Å². The number of benzene rings is 1. The van der Waals surface area contributed by atoms with Crippen LogP contribution in [0.2, 0.25) is 0 Å². The topological polar surface area (TPSA) is 29.9 Å². The Bertz CT molecular complexity index is 534. The van der Waals surface area contributed by atoms with Gasteiger partial charge >= 0.3 is 0 Å². The molecule has 1 aromatic carbocycles. The molecule has 19 heavy (non-hydrogen) atoms. The Balaban J connectivity index is 1.57. The molecule has 1 N–H and O–H groups in total. The van der Waals surface area contributed by atoms with Crippen LogP contribution in [0.15, 0.2) is 36.7 Å². The van der Waals surface area contributed by atoms with E-state index in [9.17, 15) is 4.39 Å². The molecule has 1 fully saturated rings. The molecule has 100 valence electrons. The average Bonchev–Trinajstić information content (AvgIpc) is 2.82. The first kappa shape index (κ1) is 12.7. The molecule has 2 aromatic rings. The summed E-state index contributed by atoms with van der Waals surface area (Å²) < 4.78 is 14.6. The number of thioether (sulfide) groups is 1. The molecule has 0 amide bonds. The van der Waals surface area contributed by atoms with E-state index in [1.165, 1.54) is 23.6 Å². The van der Waals surface area contributed by atoms with E-state index in [-0.39, 0.29) is 5.82 Å². The highest BCUT2D eigenvalue weighted by atomic mass is 32.2. The second kappa shape index (κ2) is 5.75. The van der Waals surface area contributed by atoms with E-state index in [1.54, 1.807) is 16.8 Å². The maximum absolute atomic E-state index is 12.8. The zero-order chi connectivity index (χ0) is 13.1. The summed E-state index contributed by atoms with van der Waals surface area (Å²) >= 11 is 2.01. The Labute approximate surface area is 116 Å². The number of halogens is 1. The van der Waals surface area contributed by atoms with Gasteiger partial charge in [0.25, 0.3) is 0 Å². The van der Waals surface area contributed by atoms with Crippen molar-refractivity contribution in [2.24, 2.45) is 5.92 Å². The van der Waals surface area contributed by atoms with Gasteiger partial charge in [0.05, 0.1) is 11.9 Å². The molecule has 0 aliphatic carbocycles. The van der Waals surface area contributed by atoms with E-state index in [1.807, 2.05) is 24.2 Å². The largest absolute Gasteiger partial charge is 0.312 e. The van der Waals surface area contributed by atoms with Gasteiger partial charge < -0.3 is 5.32 Å². The van der Waals surface area contributed by atoms with Gasteiger partial charge in [-0.2, -0.15) is 16.9 Å². The normalized spacial score (nSPS) is 15.4. The number of hydrogen-bond donors (Lipinski definition) is 1. The van der Waals surface area contributed by atoms with Crippen molar-refractivity contribution in [2.45, 2.75) is 6.54 Å². The lowest BCUT2D eigenvalue weighted by Crippen LogP contribution is -2.30. The average molecular weight is 277 g/mol. The molecule has 0 radical (unpaired) electrons. The fourth-order valence-corrected chi connectivity index (χ4v) is 2.81. The Morgan fingerprint density at radius 2 is 2.11 bits per heavy atom. The lowest BCUT2D eigenvalue weighted by molar-refractivity contribution is 0.547. The lowest BCUT2D eigenvalue weighted by Gasteiger charge is -2.24. The molecule has 5 heteroatoms. The van der Waals surface area contributed by atoms with Crippen molar-refractivity contribution < 1.29 is 4.39 Å². The van der Waals surface area contributed by atoms with Gasteiger partial charge in [0, 0.05) is 18.3 Å². The van der Waals surface area contributed by atoms with Crippen molar-refractivity contribution >= 4 is 11.8 Å². The molecule has 1 saturated heterocycles. The molecular formula is C14H16FN3S. The summed E-state index contributed by atoms with van der Waals surface area (Å²) in [4.78, 5) is 0. The quantitative estimate of drug-likeness (QED) is 0.910. The highest BCUT2D eigenvalue weighted by molar-refractivity contribution is 8.00. The van der Waals surface area contributed by atoms with Gasteiger partial charge in [0.2, 0.25) is 0 Å². The third-order valence-electron chi connectivity index (χ3n) is 3.20.